The van der Waals surface area contributed by atoms with Gasteiger partial charge in [0.15, 0.2) is 0 Å². The molecule has 0 aromatic heterocycles. The molecule has 2 rings (SSSR count). The van der Waals surface area contributed by atoms with E-state index in [1.165, 1.54) is 12.1 Å². The second-order valence-electron chi connectivity index (χ2n) is 4.78. The van der Waals surface area contributed by atoms with Gasteiger partial charge in [-0.05, 0) is 36.4 Å². The molecule has 0 saturated heterocycles. The number of rotatable bonds is 9. The Kier molecular flexibility index (Phi) is 6.67. The summed E-state index contributed by atoms with van der Waals surface area (Å²) in [4.78, 5) is 0. The predicted molar refractivity (Wildman–Crippen MR) is 82.7 cm³/mol. The number of halogens is 1. The lowest BCUT2D eigenvalue weighted by molar-refractivity contribution is 0.105. The fraction of sp³-hybridized carbons (Fsp3) is 0.294. The Labute approximate surface area is 129 Å². The predicted octanol–water partition coefficient (Wildman–Crippen LogP) is 2.23. The highest BCUT2D eigenvalue weighted by Crippen LogP contribution is 2.10. The summed E-state index contributed by atoms with van der Waals surface area (Å²) in [5, 5.41) is 12.9. The first-order chi connectivity index (χ1) is 10.7. The molecule has 0 aliphatic carbocycles. The standard InChI is InChI=1S/C17H20FNO3/c18-14-6-8-17(9-7-14)21-11-10-19-12-15(20)13-22-16-4-2-1-3-5-16/h1-9,15,19-20H,10-13H2/t15-/m0/s1. The Morgan fingerprint density at radius 2 is 1.64 bits per heavy atom. The monoisotopic (exact) mass is 305 g/mol. The molecule has 4 nitrogen and oxygen atoms in total. The Balaban J connectivity index is 1.53. The van der Waals surface area contributed by atoms with Crippen LogP contribution in [0.4, 0.5) is 4.39 Å². The molecule has 2 aromatic rings. The zero-order valence-corrected chi connectivity index (χ0v) is 12.2. The summed E-state index contributed by atoms with van der Waals surface area (Å²) >= 11 is 0. The van der Waals surface area contributed by atoms with E-state index in [1.807, 2.05) is 30.3 Å². The van der Waals surface area contributed by atoms with E-state index in [9.17, 15) is 9.50 Å². The minimum atomic E-state index is -0.592. The normalized spacial score (nSPS) is 11.9. The second-order valence-corrected chi connectivity index (χ2v) is 4.78. The maximum Gasteiger partial charge on any atom is 0.123 e. The van der Waals surface area contributed by atoms with Gasteiger partial charge in [-0.25, -0.2) is 4.39 Å². The van der Waals surface area contributed by atoms with Crippen LogP contribution in [0.2, 0.25) is 0 Å². The number of hydrogen-bond acceptors (Lipinski definition) is 4. The first-order valence-corrected chi connectivity index (χ1v) is 7.19. The van der Waals surface area contributed by atoms with Gasteiger partial charge in [0.25, 0.3) is 0 Å². The largest absolute Gasteiger partial charge is 0.492 e. The quantitative estimate of drug-likeness (QED) is 0.698. The fourth-order valence-electron chi connectivity index (χ4n) is 1.81. The summed E-state index contributed by atoms with van der Waals surface area (Å²) in [6.07, 6.45) is -0.592. The highest BCUT2D eigenvalue weighted by Gasteiger charge is 2.04. The van der Waals surface area contributed by atoms with Gasteiger partial charge in [-0.3, -0.25) is 0 Å². The van der Waals surface area contributed by atoms with Crippen LogP contribution < -0.4 is 14.8 Å². The average molecular weight is 305 g/mol. The zero-order valence-electron chi connectivity index (χ0n) is 12.2. The third-order valence-electron chi connectivity index (χ3n) is 2.93. The summed E-state index contributed by atoms with van der Waals surface area (Å²) in [7, 11) is 0. The molecule has 0 unspecified atom stereocenters. The van der Waals surface area contributed by atoms with E-state index >= 15 is 0 Å². The molecular formula is C17H20FNO3. The fourth-order valence-corrected chi connectivity index (χ4v) is 1.81. The van der Waals surface area contributed by atoms with Crippen molar-refractivity contribution in [3.63, 3.8) is 0 Å². The molecule has 1 atom stereocenters. The minimum Gasteiger partial charge on any atom is -0.492 e. The summed E-state index contributed by atoms with van der Waals surface area (Å²) in [6, 6.07) is 15.2. The molecule has 0 aliphatic rings. The first kappa shape index (κ1) is 16.3. The molecule has 0 saturated carbocycles. The topological polar surface area (TPSA) is 50.7 Å². The van der Waals surface area contributed by atoms with Crippen molar-refractivity contribution in [3.8, 4) is 11.5 Å². The van der Waals surface area contributed by atoms with E-state index in [0.717, 1.165) is 5.75 Å². The van der Waals surface area contributed by atoms with Gasteiger partial charge in [-0.2, -0.15) is 0 Å². The van der Waals surface area contributed by atoms with E-state index in [2.05, 4.69) is 5.32 Å². The third kappa shape index (κ3) is 6.11. The van der Waals surface area contributed by atoms with E-state index < -0.39 is 6.10 Å². The number of aliphatic hydroxyl groups excluding tert-OH is 1. The molecular weight excluding hydrogens is 285 g/mol. The van der Waals surface area contributed by atoms with Crippen molar-refractivity contribution >= 4 is 0 Å². The summed E-state index contributed by atoms with van der Waals surface area (Å²) in [6.45, 7) is 1.67. The van der Waals surface area contributed by atoms with Crippen LogP contribution in [0.5, 0.6) is 11.5 Å². The van der Waals surface area contributed by atoms with Gasteiger partial charge in [0.1, 0.15) is 36.6 Å². The molecule has 118 valence electrons. The summed E-state index contributed by atoms with van der Waals surface area (Å²) < 4.78 is 23.6. The van der Waals surface area contributed by atoms with Gasteiger partial charge in [0.2, 0.25) is 0 Å². The van der Waals surface area contributed by atoms with Gasteiger partial charge in [-0.15, -0.1) is 0 Å². The molecule has 0 spiro atoms. The highest BCUT2D eigenvalue weighted by atomic mass is 19.1. The second kappa shape index (κ2) is 9.02. The summed E-state index contributed by atoms with van der Waals surface area (Å²) in [5.41, 5.74) is 0. The molecule has 0 fully saturated rings. The van der Waals surface area contributed by atoms with Gasteiger partial charge >= 0.3 is 0 Å². The molecule has 0 bridgehead atoms. The molecule has 22 heavy (non-hydrogen) atoms. The van der Waals surface area contributed by atoms with Crippen LogP contribution in [0.15, 0.2) is 54.6 Å². The van der Waals surface area contributed by atoms with Gasteiger partial charge in [0.05, 0.1) is 0 Å². The molecule has 0 radical (unpaired) electrons. The minimum absolute atomic E-state index is 0.232. The van der Waals surface area contributed by atoms with Crippen molar-refractivity contribution in [2.24, 2.45) is 0 Å². The van der Waals surface area contributed by atoms with Crippen molar-refractivity contribution in [2.75, 3.05) is 26.3 Å². The first-order valence-electron chi connectivity index (χ1n) is 7.19. The SMILES string of the molecule is O[C@@H](CNCCOc1ccc(F)cc1)COc1ccccc1. The van der Waals surface area contributed by atoms with Crippen LogP contribution in [0.25, 0.3) is 0 Å². The Hall–Kier alpha value is -2.11. The lowest BCUT2D eigenvalue weighted by Crippen LogP contribution is -2.33. The van der Waals surface area contributed by atoms with Crippen LogP contribution in [0, 0.1) is 5.82 Å². The zero-order chi connectivity index (χ0) is 15.6. The third-order valence-corrected chi connectivity index (χ3v) is 2.93. The van der Waals surface area contributed by atoms with Crippen LogP contribution in [0.3, 0.4) is 0 Å². The van der Waals surface area contributed by atoms with Gasteiger partial charge < -0.3 is 19.9 Å². The van der Waals surface area contributed by atoms with Gasteiger partial charge in [0, 0.05) is 13.1 Å². The number of nitrogens with one attached hydrogen (secondary N) is 1. The van der Waals surface area contributed by atoms with Crippen molar-refractivity contribution in [3.05, 3.63) is 60.4 Å². The molecule has 5 heteroatoms. The van der Waals surface area contributed by atoms with E-state index in [1.54, 1.807) is 12.1 Å². The number of aliphatic hydroxyl groups is 1. The highest BCUT2D eigenvalue weighted by molar-refractivity contribution is 5.22. The molecule has 0 amide bonds. The summed E-state index contributed by atoms with van der Waals surface area (Å²) in [5.74, 6) is 1.07. The number of para-hydroxylation sites is 1. The van der Waals surface area contributed by atoms with Gasteiger partial charge in [-0.1, -0.05) is 18.2 Å². The molecule has 0 aliphatic heterocycles. The molecule has 2 N–H and O–H groups in total. The number of benzene rings is 2. The van der Waals surface area contributed by atoms with Crippen molar-refractivity contribution in [2.45, 2.75) is 6.10 Å². The lowest BCUT2D eigenvalue weighted by Gasteiger charge is -2.13. The van der Waals surface area contributed by atoms with Crippen molar-refractivity contribution in [1.82, 2.24) is 5.32 Å². The molecule has 0 heterocycles. The Morgan fingerprint density at radius 3 is 2.36 bits per heavy atom. The van der Waals surface area contributed by atoms with E-state index in [4.69, 9.17) is 9.47 Å². The molecule has 2 aromatic carbocycles. The van der Waals surface area contributed by atoms with Crippen molar-refractivity contribution < 1.29 is 19.0 Å². The van der Waals surface area contributed by atoms with Crippen LogP contribution >= 0.6 is 0 Å². The van der Waals surface area contributed by atoms with Crippen LogP contribution in [0.1, 0.15) is 0 Å². The maximum atomic E-state index is 12.7. The smallest absolute Gasteiger partial charge is 0.123 e. The number of hydrogen-bond donors (Lipinski definition) is 2. The lowest BCUT2D eigenvalue weighted by atomic mass is 10.3. The van der Waals surface area contributed by atoms with E-state index in [0.29, 0.717) is 25.4 Å². The Morgan fingerprint density at radius 1 is 0.955 bits per heavy atom. The average Bonchev–Trinajstić information content (AvgIpc) is 2.55. The number of ether oxygens (including phenoxy) is 2. The van der Waals surface area contributed by atoms with E-state index in [-0.39, 0.29) is 12.4 Å². The van der Waals surface area contributed by atoms with Crippen molar-refractivity contribution in [1.29, 1.82) is 0 Å². The Bertz CT molecular complexity index is 533. The maximum absolute atomic E-state index is 12.7. The van der Waals surface area contributed by atoms with Crippen LogP contribution in [-0.4, -0.2) is 37.5 Å². The van der Waals surface area contributed by atoms with Crippen LogP contribution in [-0.2, 0) is 0 Å².